The van der Waals surface area contributed by atoms with Gasteiger partial charge in [-0.3, -0.25) is 13.9 Å². The number of halogens is 6. The van der Waals surface area contributed by atoms with Crippen LogP contribution in [-0.4, -0.2) is 72.7 Å². The molecule has 0 amide bonds. The third kappa shape index (κ3) is 4.89. The molecule has 4 aromatic rings. The van der Waals surface area contributed by atoms with Crippen molar-refractivity contribution in [1.82, 2.24) is 33.5 Å². The predicted molar refractivity (Wildman–Crippen MR) is 141 cm³/mol. The van der Waals surface area contributed by atoms with Crippen LogP contribution in [0.25, 0.3) is 11.2 Å². The summed E-state index contributed by atoms with van der Waals surface area (Å²) in [6.07, 6.45) is -4.49. The Bertz CT molecular complexity index is 1670. The van der Waals surface area contributed by atoms with Crippen LogP contribution in [0.15, 0.2) is 53.8 Å². The van der Waals surface area contributed by atoms with Gasteiger partial charge in [-0.15, -0.1) is 10.2 Å². The SMILES string of the molecule is CN1CCN(Cc2cc(C(F)(F)F)c3cn(-c4cccc(C5(C(F)c6nncn6C)CC(F)(F)C5)c4)c(=O)n3c2)CC1. The zero-order valence-corrected chi connectivity index (χ0v) is 23.0. The normalized spacial score (nSPS) is 20.1. The standard InChI is InChI=1S/C28H29F6N7O/c1-37-6-8-39(9-7-37)12-18-10-21(28(32,33)34)22-14-40(25(42)41(22)13-18)20-5-3-4-19(11-20)26(15-27(30,31)16-26)23(29)24-36-35-17-38(24)2/h3-5,10-11,13-14,17,23H,6-9,12,15-16H2,1-2H3. The van der Waals surface area contributed by atoms with Gasteiger partial charge in [0.15, 0.2) is 12.0 Å². The summed E-state index contributed by atoms with van der Waals surface area (Å²) < 4.78 is 90.3. The molecular weight excluding hydrogens is 564 g/mol. The Morgan fingerprint density at radius 2 is 1.74 bits per heavy atom. The zero-order chi connectivity index (χ0) is 30.0. The smallest absolute Gasteiger partial charge is 0.318 e. The quantitative estimate of drug-likeness (QED) is 0.311. The second-order valence-electron chi connectivity index (χ2n) is 11.5. The number of hydrogen-bond donors (Lipinski definition) is 0. The fourth-order valence-electron chi connectivity index (χ4n) is 6.14. The molecule has 1 atom stereocenters. The van der Waals surface area contributed by atoms with Gasteiger partial charge in [0.25, 0.3) is 0 Å². The van der Waals surface area contributed by atoms with E-state index in [0.717, 1.165) is 34.3 Å². The molecule has 224 valence electrons. The van der Waals surface area contributed by atoms with Crippen molar-refractivity contribution in [3.05, 3.63) is 82.1 Å². The first-order valence-corrected chi connectivity index (χ1v) is 13.5. The number of rotatable bonds is 6. The van der Waals surface area contributed by atoms with Gasteiger partial charge < -0.3 is 9.47 Å². The Hall–Kier alpha value is -3.65. The molecule has 1 aliphatic heterocycles. The minimum atomic E-state index is -4.73. The van der Waals surface area contributed by atoms with E-state index in [9.17, 15) is 26.7 Å². The molecule has 0 radical (unpaired) electrons. The molecule has 0 spiro atoms. The number of aromatic nitrogens is 5. The molecule has 3 aromatic heterocycles. The summed E-state index contributed by atoms with van der Waals surface area (Å²) in [7, 11) is 3.48. The van der Waals surface area contributed by atoms with E-state index in [1.807, 2.05) is 11.9 Å². The maximum atomic E-state index is 15.9. The third-order valence-electron chi connectivity index (χ3n) is 8.44. The van der Waals surface area contributed by atoms with Gasteiger partial charge in [0.2, 0.25) is 5.92 Å². The minimum absolute atomic E-state index is 0.120. The van der Waals surface area contributed by atoms with E-state index in [2.05, 4.69) is 15.1 Å². The van der Waals surface area contributed by atoms with Gasteiger partial charge in [-0.1, -0.05) is 12.1 Å². The second kappa shape index (κ2) is 9.97. The number of imidazole rings is 1. The van der Waals surface area contributed by atoms with Crippen molar-refractivity contribution in [3.8, 4) is 5.69 Å². The number of likely N-dealkylation sites (N-methyl/N-ethyl adjacent to an activating group) is 1. The monoisotopic (exact) mass is 593 g/mol. The maximum absolute atomic E-state index is 15.9. The Morgan fingerprint density at radius 1 is 1.02 bits per heavy atom. The summed E-state index contributed by atoms with van der Waals surface area (Å²) in [5, 5.41) is 7.43. The highest BCUT2D eigenvalue weighted by atomic mass is 19.4. The average Bonchev–Trinajstić information content (AvgIpc) is 3.50. The first-order valence-electron chi connectivity index (χ1n) is 13.5. The van der Waals surface area contributed by atoms with Gasteiger partial charge in [-0.05, 0) is 36.4 Å². The first-order chi connectivity index (χ1) is 19.8. The van der Waals surface area contributed by atoms with E-state index < -0.39 is 47.8 Å². The van der Waals surface area contributed by atoms with Crippen LogP contribution in [0.2, 0.25) is 0 Å². The molecule has 1 aromatic carbocycles. The molecule has 8 nitrogen and oxygen atoms in total. The van der Waals surface area contributed by atoms with Gasteiger partial charge in [-0.25, -0.2) is 18.0 Å². The summed E-state index contributed by atoms with van der Waals surface area (Å²) in [6, 6.07) is 6.89. The summed E-state index contributed by atoms with van der Waals surface area (Å²) in [4.78, 5) is 17.7. The Labute approximate surface area is 236 Å². The number of pyridine rings is 1. The van der Waals surface area contributed by atoms with Crippen molar-refractivity contribution in [3.63, 3.8) is 0 Å². The van der Waals surface area contributed by atoms with Crippen LogP contribution in [0.4, 0.5) is 26.3 Å². The number of fused-ring (bicyclic) bond motifs is 1. The topological polar surface area (TPSA) is 63.6 Å². The van der Waals surface area contributed by atoms with Crippen LogP contribution in [0.5, 0.6) is 0 Å². The molecule has 2 aliphatic rings. The molecule has 2 fully saturated rings. The van der Waals surface area contributed by atoms with Crippen molar-refractivity contribution >= 4 is 5.52 Å². The summed E-state index contributed by atoms with van der Waals surface area (Å²) in [5.41, 5.74) is -3.05. The maximum Gasteiger partial charge on any atom is 0.418 e. The molecule has 6 rings (SSSR count). The van der Waals surface area contributed by atoms with Crippen LogP contribution in [-0.2, 0) is 25.2 Å². The van der Waals surface area contributed by atoms with Gasteiger partial charge in [-0.2, -0.15) is 13.2 Å². The highest BCUT2D eigenvalue weighted by molar-refractivity contribution is 5.58. The van der Waals surface area contributed by atoms with E-state index in [-0.39, 0.29) is 29.1 Å². The fraction of sp³-hybridized carbons (Fsp3) is 0.464. The van der Waals surface area contributed by atoms with Gasteiger partial charge in [0.1, 0.15) is 6.33 Å². The molecule has 1 saturated heterocycles. The third-order valence-corrected chi connectivity index (χ3v) is 8.44. The molecular formula is C28H29F6N7O. The highest BCUT2D eigenvalue weighted by Gasteiger charge is 2.62. The summed E-state index contributed by atoms with van der Waals surface area (Å²) in [6.45, 7) is 3.18. The number of alkyl halides is 6. The zero-order valence-electron chi connectivity index (χ0n) is 23.0. The lowest BCUT2D eigenvalue weighted by Crippen LogP contribution is -2.52. The van der Waals surface area contributed by atoms with Crippen molar-refractivity contribution in [2.45, 2.75) is 43.1 Å². The Balaban J connectivity index is 1.42. The number of nitrogens with zero attached hydrogens (tertiary/aromatic N) is 7. The minimum Gasteiger partial charge on any atom is -0.318 e. The van der Waals surface area contributed by atoms with Crippen molar-refractivity contribution < 1.29 is 26.3 Å². The van der Waals surface area contributed by atoms with Crippen molar-refractivity contribution in [2.24, 2.45) is 7.05 Å². The molecule has 0 bridgehead atoms. The van der Waals surface area contributed by atoms with Crippen LogP contribution in [0.1, 0.15) is 41.5 Å². The summed E-state index contributed by atoms with van der Waals surface area (Å²) >= 11 is 0. The van der Waals surface area contributed by atoms with Crippen LogP contribution < -0.4 is 5.69 Å². The molecule has 1 unspecified atom stereocenters. The van der Waals surface area contributed by atoms with Crippen LogP contribution in [0.3, 0.4) is 0 Å². The lowest BCUT2D eigenvalue weighted by atomic mass is 9.59. The molecule has 1 aliphatic carbocycles. The number of benzene rings is 1. The van der Waals surface area contributed by atoms with Crippen molar-refractivity contribution in [2.75, 3.05) is 33.2 Å². The van der Waals surface area contributed by atoms with Gasteiger partial charge in [0.05, 0.1) is 16.8 Å². The van der Waals surface area contributed by atoms with Gasteiger partial charge in [0, 0.05) is 70.4 Å². The molecule has 42 heavy (non-hydrogen) atoms. The first kappa shape index (κ1) is 28.5. The van der Waals surface area contributed by atoms with Crippen molar-refractivity contribution in [1.29, 1.82) is 0 Å². The highest BCUT2D eigenvalue weighted by Crippen LogP contribution is 2.60. The molecule has 1 saturated carbocycles. The predicted octanol–water partition coefficient (Wildman–Crippen LogP) is 4.36. The Kier molecular flexibility index (Phi) is 6.76. The molecule has 4 heterocycles. The van der Waals surface area contributed by atoms with E-state index >= 15 is 4.39 Å². The van der Waals surface area contributed by atoms with E-state index in [0.29, 0.717) is 18.7 Å². The molecule has 0 N–H and O–H groups in total. The number of hydrogen-bond acceptors (Lipinski definition) is 5. The molecule has 14 heteroatoms. The number of aryl methyl sites for hydroxylation is 1. The van der Waals surface area contributed by atoms with E-state index in [4.69, 9.17) is 0 Å². The van der Waals surface area contributed by atoms with Gasteiger partial charge >= 0.3 is 11.9 Å². The average molecular weight is 594 g/mol. The van der Waals surface area contributed by atoms with Crippen LogP contribution >= 0.6 is 0 Å². The van der Waals surface area contributed by atoms with E-state index in [1.165, 1.54) is 48.4 Å². The fourth-order valence-corrected chi connectivity index (χ4v) is 6.14. The van der Waals surface area contributed by atoms with E-state index in [1.54, 1.807) is 0 Å². The number of piperazine rings is 1. The van der Waals surface area contributed by atoms with Crippen LogP contribution in [0, 0.1) is 0 Å². The largest absolute Gasteiger partial charge is 0.418 e. The summed E-state index contributed by atoms with van der Waals surface area (Å²) in [5.74, 6) is -3.23. The second-order valence-corrected chi connectivity index (χ2v) is 11.5. The lowest BCUT2D eigenvalue weighted by Gasteiger charge is -2.49. The lowest BCUT2D eigenvalue weighted by molar-refractivity contribution is -0.151. The Morgan fingerprint density at radius 3 is 2.36 bits per heavy atom.